The summed E-state index contributed by atoms with van der Waals surface area (Å²) in [5.74, 6) is -0.348. The number of hydrogen-bond acceptors (Lipinski definition) is 6. The molecule has 1 atom stereocenters. The summed E-state index contributed by atoms with van der Waals surface area (Å²) in [5.41, 5.74) is 1.57. The zero-order valence-corrected chi connectivity index (χ0v) is 24.9. The molecule has 4 rings (SSSR count). The molecule has 2 aromatic carbocycles. The maximum atomic E-state index is 14.0. The minimum Gasteiger partial charge on any atom is -0.381 e. The fraction of sp³-hybridized carbons (Fsp3) is 0.548. The first-order valence-electron chi connectivity index (χ1n) is 14.6. The predicted molar refractivity (Wildman–Crippen MR) is 156 cm³/mol. The van der Waals surface area contributed by atoms with Gasteiger partial charge in [-0.3, -0.25) is 9.59 Å². The number of likely N-dealkylation sites (N-methyl/N-ethyl adjacent to an activating group) is 1. The van der Waals surface area contributed by atoms with E-state index in [1.54, 1.807) is 30.3 Å². The van der Waals surface area contributed by atoms with Crippen LogP contribution in [0.5, 0.6) is 0 Å². The Morgan fingerprint density at radius 1 is 1.07 bits per heavy atom. The molecular weight excluding hydrogens is 545 g/mol. The number of ether oxygens (including phenoxy) is 1. The molecule has 0 saturated carbocycles. The van der Waals surface area contributed by atoms with Gasteiger partial charge in [0.2, 0.25) is 11.8 Å². The summed E-state index contributed by atoms with van der Waals surface area (Å²) in [6.07, 6.45) is 5.19. The second-order valence-corrected chi connectivity index (χ2v) is 13.2. The molecule has 2 amide bonds. The molecule has 10 heteroatoms. The highest BCUT2D eigenvalue weighted by atomic mass is 32.2. The molecule has 1 N–H and O–H groups in total. The van der Waals surface area contributed by atoms with Crippen molar-refractivity contribution in [2.75, 3.05) is 45.6 Å². The van der Waals surface area contributed by atoms with Gasteiger partial charge in [0.25, 0.3) is 0 Å². The van der Waals surface area contributed by atoms with E-state index >= 15 is 0 Å². The fourth-order valence-corrected chi connectivity index (χ4v) is 6.46. The summed E-state index contributed by atoms with van der Waals surface area (Å²) < 4.78 is 42.9. The Bertz CT molecular complexity index is 1270. The number of piperidine rings is 1. The molecular formula is C31H42FN3O5S. The van der Waals surface area contributed by atoms with Gasteiger partial charge in [-0.25, -0.2) is 12.8 Å². The first kappa shape index (κ1) is 31.1. The third kappa shape index (κ3) is 8.83. The Hall–Kier alpha value is -2.82. The number of nitrogens with one attached hydrogen (secondary N) is 1. The van der Waals surface area contributed by atoms with E-state index in [1.165, 1.54) is 18.4 Å². The standard InChI is InChI=1S/C31H42FN3O5S/c1-3-35(30(36)21-23-7-9-28(10-8-23)41(2,38)39)27-11-16-34(17-12-27)18-13-29(25-5-4-6-26(32)22-25)33-31(37)24-14-19-40-20-15-24/h4-10,22,24,27,29H,3,11-21H2,1-2H3,(H,33,37)/t29-/m0/s1. The van der Waals surface area contributed by atoms with Gasteiger partial charge in [0, 0.05) is 57.6 Å². The molecule has 41 heavy (non-hydrogen) atoms. The van der Waals surface area contributed by atoms with Crippen LogP contribution in [-0.4, -0.2) is 81.7 Å². The second-order valence-electron chi connectivity index (χ2n) is 11.1. The number of rotatable bonds is 11. The summed E-state index contributed by atoms with van der Waals surface area (Å²) in [7, 11) is -3.27. The van der Waals surface area contributed by atoms with Crippen LogP contribution in [0.15, 0.2) is 53.4 Å². The van der Waals surface area contributed by atoms with E-state index in [9.17, 15) is 22.4 Å². The molecule has 0 radical (unpaired) electrons. The molecule has 224 valence electrons. The predicted octanol–water partition coefficient (Wildman–Crippen LogP) is 3.76. The lowest BCUT2D eigenvalue weighted by molar-refractivity contribution is -0.133. The van der Waals surface area contributed by atoms with Gasteiger partial charge in [-0.05, 0) is 74.4 Å². The van der Waals surface area contributed by atoms with Crippen molar-refractivity contribution in [1.82, 2.24) is 15.1 Å². The number of sulfone groups is 1. The Morgan fingerprint density at radius 2 is 1.76 bits per heavy atom. The zero-order chi connectivity index (χ0) is 29.4. The third-order valence-electron chi connectivity index (χ3n) is 8.26. The van der Waals surface area contributed by atoms with Crippen molar-refractivity contribution in [3.63, 3.8) is 0 Å². The molecule has 2 heterocycles. The number of amides is 2. The smallest absolute Gasteiger partial charge is 0.227 e. The Balaban J connectivity index is 1.30. The minimum absolute atomic E-state index is 0.00401. The van der Waals surface area contributed by atoms with E-state index in [2.05, 4.69) is 10.2 Å². The van der Waals surface area contributed by atoms with Crippen LogP contribution in [0, 0.1) is 11.7 Å². The van der Waals surface area contributed by atoms with E-state index in [0.717, 1.165) is 43.6 Å². The van der Waals surface area contributed by atoms with E-state index in [4.69, 9.17) is 4.74 Å². The van der Waals surface area contributed by atoms with Crippen LogP contribution in [0.4, 0.5) is 4.39 Å². The molecule has 8 nitrogen and oxygen atoms in total. The maximum absolute atomic E-state index is 14.0. The van der Waals surface area contributed by atoms with Crippen molar-refractivity contribution in [2.45, 2.75) is 62.4 Å². The Kier molecular flexibility index (Phi) is 10.9. The van der Waals surface area contributed by atoms with Crippen LogP contribution in [0.25, 0.3) is 0 Å². The number of carbonyl (C=O) groups excluding carboxylic acids is 2. The largest absolute Gasteiger partial charge is 0.381 e. The van der Waals surface area contributed by atoms with Gasteiger partial charge in [-0.2, -0.15) is 0 Å². The molecule has 0 aromatic heterocycles. The minimum atomic E-state index is -3.27. The van der Waals surface area contributed by atoms with Crippen molar-refractivity contribution in [3.8, 4) is 0 Å². The van der Waals surface area contributed by atoms with Crippen molar-refractivity contribution in [3.05, 3.63) is 65.5 Å². The van der Waals surface area contributed by atoms with Crippen molar-refractivity contribution in [2.24, 2.45) is 5.92 Å². The van der Waals surface area contributed by atoms with Crippen LogP contribution in [-0.2, 0) is 30.6 Å². The van der Waals surface area contributed by atoms with Gasteiger partial charge in [0.1, 0.15) is 5.82 Å². The SMILES string of the molecule is CCN(C(=O)Cc1ccc(S(C)(=O)=O)cc1)C1CCN(CC[C@H](NC(=O)C2CCOCC2)c2cccc(F)c2)CC1. The first-order chi connectivity index (χ1) is 19.6. The lowest BCUT2D eigenvalue weighted by atomic mass is 9.96. The highest BCUT2D eigenvalue weighted by molar-refractivity contribution is 7.90. The number of likely N-dealkylation sites (tertiary alicyclic amines) is 1. The summed E-state index contributed by atoms with van der Waals surface area (Å²) in [6, 6.07) is 12.8. The van der Waals surface area contributed by atoms with Crippen LogP contribution in [0.3, 0.4) is 0 Å². The molecule has 2 aliphatic heterocycles. The van der Waals surface area contributed by atoms with Gasteiger partial charge >= 0.3 is 0 Å². The normalized spacial score (nSPS) is 18.1. The lowest BCUT2D eigenvalue weighted by Gasteiger charge is -2.38. The van der Waals surface area contributed by atoms with Crippen molar-refractivity contribution in [1.29, 1.82) is 0 Å². The molecule has 2 aromatic rings. The average Bonchev–Trinajstić information content (AvgIpc) is 2.96. The monoisotopic (exact) mass is 587 g/mol. The zero-order valence-electron chi connectivity index (χ0n) is 24.1. The fourth-order valence-electron chi connectivity index (χ4n) is 5.83. The van der Waals surface area contributed by atoms with Crippen LogP contribution in [0.2, 0.25) is 0 Å². The van der Waals surface area contributed by atoms with Gasteiger partial charge in [-0.1, -0.05) is 24.3 Å². The summed E-state index contributed by atoms with van der Waals surface area (Å²) in [5, 5.41) is 3.18. The van der Waals surface area contributed by atoms with E-state index in [1.807, 2.05) is 17.9 Å². The number of carbonyl (C=O) groups is 2. The Labute approximate surface area is 243 Å². The van der Waals surface area contributed by atoms with Gasteiger partial charge in [0.15, 0.2) is 9.84 Å². The van der Waals surface area contributed by atoms with Crippen LogP contribution in [0.1, 0.15) is 56.2 Å². The first-order valence-corrected chi connectivity index (χ1v) is 16.5. The quantitative estimate of drug-likeness (QED) is 0.430. The number of benzene rings is 2. The van der Waals surface area contributed by atoms with Crippen LogP contribution >= 0.6 is 0 Å². The molecule has 0 bridgehead atoms. The molecule has 0 unspecified atom stereocenters. The number of nitrogens with zero attached hydrogens (tertiary/aromatic N) is 2. The molecule has 0 aliphatic carbocycles. The molecule has 2 aliphatic rings. The molecule has 0 spiro atoms. The summed E-state index contributed by atoms with van der Waals surface area (Å²) in [6.45, 7) is 6.21. The summed E-state index contributed by atoms with van der Waals surface area (Å²) >= 11 is 0. The van der Waals surface area contributed by atoms with E-state index in [0.29, 0.717) is 39.0 Å². The van der Waals surface area contributed by atoms with Gasteiger partial charge < -0.3 is 19.9 Å². The van der Waals surface area contributed by atoms with E-state index in [-0.39, 0.29) is 46.9 Å². The lowest BCUT2D eigenvalue weighted by Crippen LogP contribution is -2.48. The Morgan fingerprint density at radius 3 is 2.37 bits per heavy atom. The molecule has 2 fully saturated rings. The second kappa shape index (κ2) is 14.4. The summed E-state index contributed by atoms with van der Waals surface area (Å²) in [4.78, 5) is 30.7. The highest BCUT2D eigenvalue weighted by Gasteiger charge is 2.29. The third-order valence-corrected chi connectivity index (χ3v) is 9.39. The van der Waals surface area contributed by atoms with Crippen LogP contribution < -0.4 is 5.32 Å². The average molecular weight is 588 g/mol. The number of halogens is 1. The molecule has 2 saturated heterocycles. The van der Waals surface area contributed by atoms with E-state index < -0.39 is 9.84 Å². The highest BCUT2D eigenvalue weighted by Crippen LogP contribution is 2.24. The van der Waals surface area contributed by atoms with Gasteiger partial charge in [-0.15, -0.1) is 0 Å². The van der Waals surface area contributed by atoms with Crippen molar-refractivity contribution >= 4 is 21.7 Å². The number of hydrogen-bond donors (Lipinski definition) is 1. The maximum Gasteiger partial charge on any atom is 0.227 e. The van der Waals surface area contributed by atoms with Crippen molar-refractivity contribution < 1.29 is 27.1 Å². The van der Waals surface area contributed by atoms with Gasteiger partial charge in [0.05, 0.1) is 17.4 Å². The topological polar surface area (TPSA) is 96.0 Å².